The van der Waals surface area contributed by atoms with Crippen LogP contribution in [0.15, 0.2) is 0 Å². The molecule has 0 atom stereocenters. The van der Waals surface area contributed by atoms with E-state index in [-0.39, 0.29) is 5.91 Å². The molecule has 0 saturated carbocycles. The number of ether oxygens (including phenoxy) is 1. The van der Waals surface area contributed by atoms with Crippen molar-refractivity contribution >= 4 is 22.8 Å². The zero-order valence-electron chi connectivity index (χ0n) is 12.3. The molecule has 8 heteroatoms. The highest BCUT2D eigenvalue weighted by Crippen LogP contribution is 2.32. The summed E-state index contributed by atoms with van der Waals surface area (Å²) in [5.74, 6) is 0.502. The van der Waals surface area contributed by atoms with E-state index in [1.165, 1.54) is 0 Å². The lowest BCUT2D eigenvalue weighted by Crippen LogP contribution is -2.46. The van der Waals surface area contributed by atoms with Crippen molar-refractivity contribution in [2.75, 3.05) is 25.1 Å². The van der Waals surface area contributed by atoms with E-state index in [2.05, 4.69) is 20.6 Å². The summed E-state index contributed by atoms with van der Waals surface area (Å²) in [7, 11) is 1.82. The second-order valence-electron chi connectivity index (χ2n) is 5.56. The Morgan fingerprint density at radius 2 is 2.24 bits per heavy atom. The van der Waals surface area contributed by atoms with Crippen molar-refractivity contribution in [2.45, 2.75) is 19.8 Å². The molecule has 0 aliphatic carbocycles. The van der Waals surface area contributed by atoms with E-state index in [4.69, 9.17) is 10.5 Å². The van der Waals surface area contributed by atoms with E-state index in [0.717, 1.165) is 16.7 Å². The smallest absolute Gasteiger partial charge is 0.233 e. The molecule has 0 aromatic carbocycles. The maximum atomic E-state index is 12.7. The van der Waals surface area contributed by atoms with Gasteiger partial charge in [-0.1, -0.05) is 0 Å². The predicted molar refractivity (Wildman–Crippen MR) is 77.8 cm³/mol. The largest absolute Gasteiger partial charge is 0.381 e. The summed E-state index contributed by atoms with van der Waals surface area (Å²) in [6.07, 6.45) is 1.28. The fourth-order valence-corrected chi connectivity index (χ4v) is 2.85. The van der Waals surface area contributed by atoms with Crippen molar-refractivity contribution in [3.05, 3.63) is 5.69 Å². The van der Waals surface area contributed by atoms with Crippen LogP contribution in [-0.4, -0.2) is 45.6 Å². The number of anilines is 1. The van der Waals surface area contributed by atoms with Gasteiger partial charge in [0.05, 0.1) is 16.5 Å². The van der Waals surface area contributed by atoms with Gasteiger partial charge in [-0.05, 0) is 19.8 Å². The first-order valence-electron chi connectivity index (χ1n) is 7.04. The Morgan fingerprint density at radius 3 is 2.90 bits per heavy atom. The molecule has 2 aromatic rings. The minimum atomic E-state index is -0.564. The van der Waals surface area contributed by atoms with Crippen LogP contribution in [0.4, 0.5) is 5.82 Å². The molecule has 3 heterocycles. The summed E-state index contributed by atoms with van der Waals surface area (Å²) < 4.78 is 7.02. The third-order valence-corrected chi connectivity index (χ3v) is 4.28. The van der Waals surface area contributed by atoms with Crippen LogP contribution < -0.4 is 11.1 Å². The summed E-state index contributed by atoms with van der Waals surface area (Å²) in [5, 5.41) is 15.1. The number of fused-ring (bicyclic) bond motifs is 1. The van der Waals surface area contributed by atoms with E-state index in [1.54, 1.807) is 4.68 Å². The van der Waals surface area contributed by atoms with Crippen LogP contribution in [-0.2, 0) is 16.6 Å². The zero-order valence-corrected chi connectivity index (χ0v) is 12.3. The Labute approximate surface area is 122 Å². The number of rotatable bonds is 3. The van der Waals surface area contributed by atoms with Gasteiger partial charge < -0.3 is 15.8 Å². The number of carbonyl (C=O) groups excluding carboxylic acids is 1. The Morgan fingerprint density at radius 1 is 1.52 bits per heavy atom. The fourth-order valence-electron chi connectivity index (χ4n) is 2.85. The van der Waals surface area contributed by atoms with Crippen molar-refractivity contribution in [3.8, 4) is 0 Å². The number of hydrogen-bond donors (Lipinski definition) is 3. The molecular formula is C13H20N6O2. The lowest BCUT2D eigenvalue weighted by molar-refractivity contribution is -0.130. The van der Waals surface area contributed by atoms with E-state index in [1.807, 2.05) is 14.0 Å². The van der Waals surface area contributed by atoms with E-state index in [9.17, 15) is 4.79 Å². The molecule has 1 aliphatic rings. The quantitative estimate of drug-likeness (QED) is 0.753. The Balaban J connectivity index is 1.89. The SMILES string of the molecule is Cc1nn(C)c2n[nH]c(NC(=O)C3(CN)CCOCC3)c12. The molecule has 0 radical (unpaired) electrons. The molecule has 0 bridgehead atoms. The van der Waals surface area contributed by atoms with Gasteiger partial charge in [-0.3, -0.25) is 9.89 Å². The van der Waals surface area contributed by atoms with E-state index >= 15 is 0 Å². The third kappa shape index (κ3) is 2.20. The molecule has 114 valence electrons. The normalized spacial score (nSPS) is 18.0. The lowest BCUT2D eigenvalue weighted by atomic mass is 9.79. The maximum absolute atomic E-state index is 12.7. The highest BCUT2D eigenvalue weighted by molar-refractivity contribution is 6.02. The Kier molecular flexibility index (Phi) is 3.42. The number of amides is 1. The lowest BCUT2D eigenvalue weighted by Gasteiger charge is -2.34. The van der Waals surface area contributed by atoms with Crippen molar-refractivity contribution in [1.29, 1.82) is 0 Å². The van der Waals surface area contributed by atoms with Gasteiger partial charge in [0, 0.05) is 26.8 Å². The summed E-state index contributed by atoms with van der Waals surface area (Å²) >= 11 is 0. The number of hydrogen-bond acceptors (Lipinski definition) is 5. The monoisotopic (exact) mass is 292 g/mol. The highest BCUT2D eigenvalue weighted by Gasteiger charge is 2.39. The molecule has 1 aliphatic heterocycles. The van der Waals surface area contributed by atoms with Gasteiger partial charge in [-0.15, -0.1) is 0 Å². The van der Waals surface area contributed by atoms with Crippen LogP contribution in [0.2, 0.25) is 0 Å². The number of aromatic nitrogens is 4. The number of aromatic amines is 1. The molecule has 1 amide bonds. The van der Waals surface area contributed by atoms with E-state index < -0.39 is 5.41 Å². The second kappa shape index (κ2) is 5.12. The van der Waals surface area contributed by atoms with Crippen molar-refractivity contribution < 1.29 is 9.53 Å². The van der Waals surface area contributed by atoms with Crippen LogP contribution in [0.5, 0.6) is 0 Å². The van der Waals surface area contributed by atoms with Crippen LogP contribution >= 0.6 is 0 Å². The summed E-state index contributed by atoms with van der Waals surface area (Å²) in [5.41, 5.74) is 6.84. The van der Waals surface area contributed by atoms with Crippen molar-refractivity contribution in [3.63, 3.8) is 0 Å². The number of H-pyrrole nitrogens is 1. The molecule has 1 saturated heterocycles. The van der Waals surface area contributed by atoms with Crippen molar-refractivity contribution in [1.82, 2.24) is 20.0 Å². The standard InChI is InChI=1S/C13H20N6O2/c1-8-9-10(16-17-11(9)19(2)18-8)15-12(20)13(7-14)3-5-21-6-4-13/h3-7,14H2,1-2H3,(H2,15,16,17,20). The van der Waals surface area contributed by atoms with Crippen LogP contribution in [0, 0.1) is 12.3 Å². The molecule has 3 rings (SSSR count). The van der Waals surface area contributed by atoms with Crippen LogP contribution in [0.1, 0.15) is 18.5 Å². The molecular weight excluding hydrogens is 272 g/mol. The van der Waals surface area contributed by atoms with Crippen molar-refractivity contribution in [2.24, 2.45) is 18.2 Å². The number of carbonyl (C=O) groups is 1. The van der Waals surface area contributed by atoms with Gasteiger partial charge in [-0.25, -0.2) is 4.68 Å². The number of nitrogens with two attached hydrogens (primary N) is 1. The van der Waals surface area contributed by atoms with Gasteiger partial charge in [0.2, 0.25) is 5.91 Å². The van der Waals surface area contributed by atoms with Gasteiger partial charge in [-0.2, -0.15) is 10.2 Å². The summed E-state index contributed by atoms with van der Waals surface area (Å²) in [4.78, 5) is 12.7. The maximum Gasteiger partial charge on any atom is 0.233 e. The Bertz CT molecular complexity index is 668. The third-order valence-electron chi connectivity index (χ3n) is 4.28. The summed E-state index contributed by atoms with van der Waals surface area (Å²) in [6.45, 7) is 3.33. The number of nitrogens with zero attached hydrogens (tertiary/aromatic N) is 3. The number of aryl methyl sites for hydroxylation is 2. The fraction of sp³-hybridized carbons (Fsp3) is 0.615. The summed E-state index contributed by atoms with van der Waals surface area (Å²) in [6, 6.07) is 0. The molecule has 21 heavy (non-hydrogen) atoms. The predicted octanol–water partition coefficient (Wildman–Crippen LogP) is 0.299. The van der Waals surface area contributed by atoms with E-state index in [0.29, 0.717) is 38.4 Å². The molecule has 2 aromatic heterocycles. The molecule has 4 N–H and O–H groups in total. The highest BCUT2D eigenvalue weighted by atomic mass is 16.5. The van der Waals surface area contributed by atoms with Gasteiger partial charge in [0.15, 0.2) is 5.65 Å². The molecule has 8 nitrogen and oxygen atoms in total. The average molecular weight is 292 g/mol. The van der Waals surface area contributed by atoms with Crippen LogP contribution in [0.25, 0.3) is 11.0 Å². The molecule has 0 unspecified atom stereocenters. The zero-order chi connectivity index (χ0) is 15.0. The first-order valence-corrected chi connectivity index (χ1v) is 7.04. The number of nitrogens with one attached hydrogen (secondary N) is 2. The average Bonchev–Trinajstić information content (AvgIpc) is 3.03. The minimum absolute atomic E-state index is 0.0814. The minimum Gasteiger partial charge on any atom is -0.381 e. The van der Waals surface area contributed by atoms with Gasteiger partial charge in [0.1, 0.15) is 5.82 Å². The van der Waals surface area contributed by atoms with Gasteiger partial charge in [0.25, 0.3) is 0 Å². The van der Waals surface area contributed by atoms with Crippen LogP contribution in [0.3, 0.4) is 0 Å². The first kappa shape index (κ1) is 14.0. The van der Waals surface area contributed by atoms with Gasteiger partial charge >= 0.3 is 0 Å². The molecule has 0 spiro atoms. The molecule has 1 fully saturated rings. The Hall–Kier alpha value is -1.93. The first-order chi connectivity index (χ1) is 10.1. The topological polar surface area (TPSA) is 111 Å². The second-order valence-corrected chi connectivity index (χ2v) is 5.56.